The Morgan fingerprint density at radius 1 is 1.61 bits per heavy atom. The van der Waals surface area contributed by atoms with Crippen LogP contribution in [0.15, 0.2) is 18.3 Å². The van der Waals surface area contributed by atoms with E-state index in [1.165, 1.54) is 0 Å². The summed E-state index contributed by atoms with van der Waals surface area (Å²) in [5.41, 5.74) is 6.85. The molecule has 2 rings (SSSR count). The first-order chi connectivity index (χ1) is 8.72. The van der Waals surface area contributed by atoms with Gasteiger partial charge in [0.25, 0.3) is 0 Å². The first-order valence-electron chi connectivity index (χ1n) is 6.30. The van der Waals surface area contributed by atoms with Gasteiger partial charge in [-0.15, -0.1) is 0 Å². The molecule has 1 aliphatic rings. The van der Waals surface area contributed by atoms with E-state index in [-0.39, 0.29) is 0 Å². The molecule has 0 spiro atoms. The summed E-state index contributed by atoms with van der Waals surface area (Å²) in [6.07, 6.45) is 4.13. The van der Waals surface area contributed by atoms with Crippen molar-refractivity contribution in [1.29, 1.82) is 0 Å². The van der Waals surface area contributed by atoms with Crippen LogP contribution in [0.1, 0.15) is 18.5 Å². The molecule has 2 atom stereocenters. The first kappa shape index (κ1) is 13.7. The number of piperidine rings is 1. The monoisotopic (exact) mass is 269 g/mol. The normalized spacial score (nSPS) is 25.3. The Kier molecular flexibility index (Phi) is 4.95. The zero-order valence-corrected chi connectivity index (χ0v) is 11.4. The predicted molar refractivity (Wildman–Crippen MR) is 72.5 cm³/mol. The van der Waals surface area contributed by atoms with Crippen molar-refractivity contribution in [2.24, 2.45) is 5.73 Å². The lowest BCUT2D eigenvalue weighted by molar-refractivity contribution is 0.00978. The standard InChI is InChI=1S/C13H20ClN3O/c1-18-13-3-5-17(12(7-13)8-15)9-11-6-10(14)2-4-16-11/h2,4,6,12-13H,3,5,7-9,15H2,1H3. The second kappa shape index (κ2) is 6.48. The second-order valence-corrected chi connectivity index (χ2v) is 5.14. The van der Waals surface area contributed by atoms with E-state index in [9.17, 15) is 0 Å². The number of halogens is 1. The highest BCUT2D eigenvalue weighted by atomic mass is 35.5. The van der Waals surface area contributed by atoms with E-state index >= 15 is 0 Å². The van der Waals surface area contributed by atoms with Crippen LogP contribution >= 0.6 is 11.6 Å². The van der Waals surface area contributed by atoms with Crippen LogP contribution in [0.5, 0.6) is 0 Å². The quantitative estimate of drug-likeness (QED) is 0.904. The topological polar surface area (TPSA) is 51.4 Å². The van der Waals surface area contributed by atoms with Gasteiger partial charge in [-0.2, -0.15) is 0 Å². The lowest BCUT2D eigenvalue weighted by atomic mass is 9.99. The van der Waals surface area contributed by atoms with Crippen LogP contribution < -0.4 is 5.73 Å². The third-order valence-corrected chi connectivity index (χ3v) is 3.77. The average molecular weight is 270 g/mol. The zero-order valence-electron chi connectivity index (χ0n) is 10.7. The van der Waals surface area contributed by atoms with Gasteiger partial charge in [-0.1, -0.05) is 11.6 Å². The number of methoxy groups -OCH3 is 1. The molecule has 2 heterocycles. The largest absolute Gasteiger partial charge is 0.381 e. The molecule has 100 valence electrons. The molecule has 1 aromatic heterocycles. The van der Waals surface area contributed by atoms with Crippen LogP contribution in [0.2, 0.25) is 5.02 Å². The van der Waals surface area contributed by atoms with E-state index in [2.05, 4.69) is 9.88 Å². The summed E-state index contributed by atoms with van der Waals surface area (Å²) in [6.45, 7) is 2.45. The van der Waals surface area contributed by atoms with Gasteiger partial charge < -0.3 is 10.5 Å². The van der Waals surface area contributed by atoms with Crippen LogP contribution in [-0.2, 0) is 11.3 Å². The minimum atomic E-state index is 0.335. The summed E-state index contributed by atoms with van der Waals surface area (Å²) in [5, 5.41) is 0.732. The highest BCUT2D eigenvalue weighted by Crippen LogP contribution is 2.21. The van der Waals surface area contributed by atoms with E-state index < -0.39 is 0 Å². The second-order valence-electron chi connectivity index (χ2n) is 4.71. The minimum Gasteiger partial charge on any atom is -0.381 e. The molecule has 1 aliphatic heterocycles. The van der Waals surface area contributed by atoms with Crippen molar-refractivity contribution in [2.45, 2.75) is 31.5 Å². The van der Waals surface area contributed by atoms with Crippen molar-refractivity contribution in [2.75, 3.05) is 20.2 Å². The zero-order chi connectivity index (χ0) is 13.0. The molecule has 0 bridgehead atoms. The van der Waals surface area contributed by atoms with Gasteiger partial charge in [0.05, 0.1) is 11.8 Å². The van der Waals surface area contributed by atoms with Gasteiger partial charge in [-0.25, -0.2) is 0 Å². The molecule has 1 fully saturated rings. The SMILES string of the molecule is COC1CCN(Cc2cc(Cl)ccn2)C(CN)C1. The third-order valence-electron chi connectivity index (χ3n) is 3.54. The van der Waals surface area contributed by atoms with Crippen molar-refractivity contribution in [1.82, 2.24) is 9.88 Å². The summed E-state index contributed by atoms with van der Waals surface area (Å²) in [7, 11) is 1.77. The van der Waals surface area contributed by atoms with Gasteiger partial charge in [-0.05, 0) is 25.0 Å². The van der Waals surface area contributed by atoms with Crippen LogP contribution in [0, 0.1) is 0 Å². The smallest absolute Gasteiger partial charge is 0.0599 e. The highest BCUT2D eigenvalue weighted by molar-refractivity contribution is 6.30. The number of likely N-dealkylation sites (tertiary alicyclic amines) is 1. The Labute approximate surface area is 113 Å². The van der Waals surface area contributed by atoms with Crippen molar-refractivity contribution in [3.8, 4) is 0 Å². The van der Waals surface area contributed by atoms with Crippen LogP contribution in [-0.4, -0.2) is 42.2 Å². The molecule has 2 unspecified atom stereocenters. The molecule has 18 heavy (non-hydrogen) atoms. The molecule has 1 saturated heterocycles. The van der Waals surface area contributed by atoms with Crippen LogP contribution in [0.4, 0.5) is 0 Å². The summed E-state index contributed by atoms with van der Waals surface area (Å²) < 4.78 is 5.42. The molecule has 0 radical (unpaired) electrons. The molecular weight excluding hydrogens is 250 g/mol. The summed E-state index contributed by atoms with van der Waals surface area (Å²) in [5.74, 6) is 0. The summed E-state index contributed by atoms with van der Waals surface area (Å²) in [6, 6.07) is 4.07. The van der Waals surface area contributed by atoms with E-state index in [1.54, 1.807) is 19.4 Å². The fourth-order valence-electron chi connectivity index (χ4n) is 2.47. The Morgan fingerprint density at radius 3 is 3.11 bits per heavy atom. The van der Waals surface area contributed by atoms with E-state index in [4.69, 9.17) is 22.1 Å². The summed E-state index contributed by atoms with van der Waals surface area (Å²) >= 11 is 5.98. The van der Waals surface area contributed by atoms with E-state index in [0.717, 1.165) is 36.6 Å². The molecule has 0 aliphatic carbocycles. The van der Waals surface area contributed by atoms with Gasteiger partial charge in [0.1, 0.15) is 0 Å². The number of nitrogens with two attached hydrogens (primary N) is 1. The third kappa shape index (κ3) is 3.42. The van der Waals surface area contributed by atoms with Crippen LogP contribution in [0.3, 0.4) is 0 Å². The Hall–Kier alpha value is -0.680. The molecule has 4 nitrogen and oxygen atoms in total. The van der Waals surface area contributed by atoms with Gasteiger partial charge in [0.15, 0.2) is 0 Å². The van der Waals surface area contributed by atoms with Gasteiger partial charge in [0, 0.05) is 44.0 Å². The minimum absolute atomic E-state index is 0.335. The lowest BCUT2D eigenvalue weighted by Crippen LogP contribution is -2.48. The van der Waals surface area contributed by atoms with E-state index in [0.29, 0.717) is 18.7 Å². The number of hydrogen-bond acceptors (Lipinski definition) is 4. The van der Waals surface area contributed by atoms with Crippen molar-refractivity contribution < 1.29 is 4.74 Å². The maximum absolute atomic E-state index is 5.98. The molecule has 5 heteroatoms. The summed E-state index contributed by atoms with van der Waals surface area (Å²) in [4.78, 5) is 6.71. The maximum atomic E-state index is 5.98. The number of nitrogens with zero attached hydrogens (tertiary/aromatic N) is 2. The molecule has 2 N–H and O–H groups in total. The average Bonchev–Trinajstić information content (AvgIpc) is 2.39. The number of hydrogen-bond donors (Lipinski definition) is 1. The Morgan fingerprint density at radius 2 is 2.44 bits per heavy atom. The molecule has 1 aromatic rings. The number of pyridine rings is 1. The van der Waals surface area contributed by atoms with E-state index in [1.807, 2.05) is 6.07 Å². The van der Waals surface area contributed by atoms with Crippen LogP contribution in [0.25, 0.3) is 0 Å². The molecule has 0 aromatic carbocycles. The fourth-order valence-corrected chi connectivity index (χ4v) is 2.66. The number of aromatic nitrogens is 1. The lowest BCUT2D eigenvalue weighted by Gasteiger charge is -2.38. The van der Waals surface area contributed by atoms with Crippen molar-refractivity contribution in [3.63, 3.8) is 0 Å². The van der Waals surface area contributed by atoms with Gasteiger partial charge in [-0.3, -0.25) is 9.88 Å². The maximum Gasteiger partial charge on any atom is 0.0599 e. The Balaban J connectivity index is 2.00. The van der Waals surface area contributed by atoms with Crippen molar-refractivity contribution >= 4 is 11.6 Å². The molecule has 0 saturated carbocycles. The van der Waals surface area contributed by atoms with Gasteiger partial charge >= 0.3 is 0 Å². The highest BCUT2D eigenvalue weighted by Gasteiger charge is 2.27. The number of ether oxygens (including phenoxy) is 1. The predicted octanol–water partition coefficient (Wildman–Crippen LogP) is 1.67. The van der Waals surface area contributed by atoms with Gasteiger partial charge in [0.2, 0.25) is 0 Å². The molecule has 0 amide bonds. The first-order valence-corrected chi connectivity index (χ1v) is 6.68. The van der Waals surface area contributed by atoms with Crippen molar-refractivity contribution in [3.05, 3.63) is 29.0 Å². The molecular formula is C13H20ClN3O. The number of rotatable bonds is 4. The fraction of sp³-hybridized carbons (Fsp3) is 0.615. The Bertz CT molecular complexity index is 388.